The van der Waals surface area contributed by atoms with E-state index < -0.39 is 5.97 Å². The Kier molecular flexibility index (Phi) is 7.02. The molecular formula is C25H24ClN3O4S. The molecule has 9 heteroatoms. The number of thiophene rings is 1. The van der Waals surface area contributed by atoms with Gasteiger partial charge < -0.3 is 15.7 Å². The molecule has 0 unspecified atom stereocenters. The second-order valence-electron chi connectivity index (χ2n) is 8.40. The Morgan fingerprint density at radius 1 is 1.00 bits per heavy atom. The minimum Gasteiger partial charge on any atom is -0.478 e. The van der Waals surface area contributed by atoms with E-state index in [9.17, 15) is 19.5 Å². The zero-order valence-corrected chi connectivity index (χ0v) is 20.3. The van der Waals surface area contributed by atoms with Gasteiger partial charge in [-0.1, -0.05) is 23.7 Å². The summed E-state index contributed by atoms with van der Waals surface area (Å²) in [6.45, 7) is 6.03. The van der Waals surface area contributed by atoms with Crippen molar-refractivity contribution in [3.63, 3.8) is 0 Å². The van der Waals surface area contributed by atoms with Gasteiger partial charge in [0.2, 0.25) is 0 Å². The summed E-state index contributed by atoms with van der Waals surface area (Å²) < 4.78 is 0.509. The molecule has 1 aliphatic rings. The standard InChI is InChI=1S/C25H24ClN3O4S/c1-14(2)29-12-18-6-3-15(9-19(18)13-29)23(30)28-20-10-16(25(32)33)4-5-17(20)11-27-24(31)21-7-8-22(26)34-21/h3-10,14H,11-13H2,1-2H3,(H,27,31)(H,28,30)(H,32,33). The highest BCUT2D eigenvalue weighted by Gasteiger charge is 2.22. The van der Waals surface area contributed by atoms with Crippen LogP contribution in [-0.4, -0.2) is 33.8 Å². The number of carbonyl (C=O) groups is 3. The fraction of sp³-hybridized carbons (Fsp3) is 0.240. The van der Waals surface area contributed by atoms with E-state index in [1.54, 1.807) is 24.3 Å². The highest BCUT2D eigenvalue weighted by molar-refractivity contribution is 7.18. The molecule has 2 amide bonds. The van der Waals surface area contributed by atoms with Crippen molar-refractivity contribution in [2.45, 2.75) is 39.5 Å². The average molecular weight is 498 g/mol. The van der Waals surface area contributed by atoms with Crippen molar-refractivity contribution in [2.75, 3.05) is 5.32 Å². The van der Waals surface area contributed by atoms with Crippen molar-refractivity contribution >= 4 is 46.4 Å². The number of nitrogens with one attached hydrogen (secondary N) is 2. The van der Waals surface area contributed by atoms with Gasteiger partial charge in [-0.3, -0.25) is 14.5 Å². The third-order valence-electron chi connectivity index (χ3n) is 5.79. The van der Waals surface area contributed by atoms with Crippen molar-refractivity contribution in [3.8, 4) is 0 Å². The van der Waals surface area contributed by atoms with Gasteiger partial charge in [-0.15, -0.1) is 11.3 Å². The predicted molar refractivity (Wildman–Crippen MR) is 133 cm³/mol. The monoisotopic (exact) mass is 497 g/mol. The first-order chi connectivity index (χ1) is 16.2. The van der Waals surface area contributed by atoms with Crippen LogP contribution in [0.25, 0.3) is 0 Å². The Labute approximate surface area is 206 Å². The van der Waals surface area contributed by atoms with Crippen LogP contribution in [-0.2, 0) is 19.6 Å². The van der Waals surface area contributed by atoms with E-state index in [0.29, 0.717) is 32.1 Å². The van der Waals surface area contributed by atoms with Gasteiger partial charge in [0.05, 0.1) is 14.8 Å². The molecule has 0 saturated carbocycles. The lowest BCUT2D eigenvalue weighted by atomic mass is 10.0. The first-order valence-electron chi connectivity index (χ1n) is 10.8. The lowest BCUT2D eigenvalue weighted by Gasteiger charge is -2.18. The molecule has 176 valence electrons. The number of anilines is 1. The maximum Gasteiger partial charge on any atom is 0.335 e. The summed E-state index contributed by atoms with van der Waals surface area (Å²) in [5.74, 6) is -1.75. The van der Waals surface area contributed by atoms with Crippen LogP contribution in [0.2, 0.25) is 4.34 Å². The molecule has 1 aliphatic heterocycles. The van der Waals surface area contributed by atoms with Gasteiger partial charge in [-0.05, 0) is 66.9 Å². The Morgan fingerprint density at radius 3 is 2.41 bits per heavy atom. The number of carboxylic acids is 1. The van der Waals surface area contributed by atoms with E-state index in [1.165, 1.54) is 17.7 Å². The molecule has 0 saturated heterocycles. The van der Waals surface area contributed by atoms with Crippen LogP contribution in [0.4, 0.5) is 5.69 Å². The van der Waals surface area contributed by atoms with Crippen LogP contribution in [0.5, 0.6) is 0 Å². The van der Waals surface area contributed by atoms with Crippen LogP contribution < -0.4 is 10.6 Å². The third kappa shape index (κ3) is 5.30. The number of hydrogen-bond acceptors (Lipinski definition) is 5. The Morgan fingerprint density at radius 2 is 1.74 bits per heavy atom. The lowest BCUT2D eigenvalue weighted by molar-refractivity contribution is 0.0696. The first-order valence-corrected chi connectivity index (χ1v) is 12.0. The van der Waals surface area contributed by atoms with Crippen molar-refractivity contribution in [3.05, 3.63) is 85.6 Å². The number of benzene rings is 2. The minimum absolute atomic E-state index is 0.0388. The highest BCUT2D eigenvalue weighted by Crippen LogP contribution is 2.27. The molecule has 3 aromatic rings. The summed E-state index contributed by atoms with van der Waals surface area (Å²) >= 11 is 7.06. The van der Waals surface area contributed by atoms with E-state index in [1.807, 2.05) is 12.1 Å². The molecule has 0 radical (unpaired) electrons. The molecule has 34 heavy (non-hydrogen) atoms. The van der Waals surface area contributed by atoms with E-state index in [2.05, 4.69) is 29.4 Å². The highest BCUT2D eigenvalue weighted by atomic mass is 35.5. The normalized spacial score (nSPS) is 13.1. The van der Waals surface area contributed by atoms with Gasteiger partial charge in [0, 0.05) is 36.9 Å². The molecule has 3 N–H and O–H groups in total. The van der Waals surface area contributed by atoms with Crippen LogP contribution in [0.15, 0.2) is 48.5 Å². The summed E-state index contributed by atoms with van der Waals surface area (Å²) in [5, 5.41) is 15.0. The summed E-state index contributed by atoms with van der Waals surface area (Å²) in [4.78, 5) is 39.7. The van der Waals surface area contributed by atoms with Crippen LogP contribution >= 0.6 is 22.9 Å². The zero-order valence-electron chi connectivity index (χ0n) is 18.7. The fourth-order valence-electron chi connectivity index (χ4n) is 3.80. The smallest absolute Gasteiger partial charge is 0.335 e. The maximum atomic E-state index is 13.1. The summed E-state index contributed by atoms with van der Waals surface area (Å²) in [6.07, 6.45) is 0. The number of nitrogens with zero attached hydrogens (tertiary/aromatic N) is 1. The molecular weight excluding hydrogens is 474 g/mol. The van der Waals surface area contributed by atoms with E-state index in [4.69, 9.17) is 11.6 Å². The summed E-state index contributed by atoms with van der Waals surface area (Å²) in [7, 11) is 0. The third-order valence-corrected chi connectivity index (χ3v) is 7.02. The van der Waals surface area contributed by atoms with Crippen LogP contribution in [0.1, 0.15) is 60.9 Å². The zero-order chi connectivity index (χ0) is 24.4. The van der Waals surface area contributed by atoms with E-state index >= 15 is 0 Å². The molecule has 1 aromatic heterocycles. The lowest BCUT2D eigenvalue weighted by Crippen LogP contribution is -2.24. The fourth-order valence-corrected chi connectivity index (χ4v) is 4.76. The topological polar surface area (TPSA) is 98.7 Å². The Bertz CT molecular complexity index is 1270. The minimum atomic E-state index is -1.11. The number of fused-ring (bicyclic) bond motifs is 1. The van der Waals surface area contributed by atoms with E-state index in [-0.39, 0.29) is 23.9 Å². The van der Waals surface area contributed by atoms with Gasteiger partial charge in [-0.25, -0.2) is 4.79 Å². The Hall–Kier alpha value is -3.20. The number of hydrogen-bond donors (Lipinski definition) is 3. The van der Waals surface area contributed by atoms with Crippen molar-refractivity contribution < 1.29 is 19.5 Å². The second kappa shape index (κ2) is 9.97. The molecule has 4 rings (SSSR count). The van der Waals surface area contributed by atoms with E-state index in [0.717, 1.165) is 30.0 Å². The summed E-state index contributed by atoms with van der Waals surface area (Å²) in [6, 6.07) is 13.7. The van der Waals surface area contributed by atoms with Crippen molar-refractivity contribution in [1.29, 1.82) is 0 Å². The van der Waals surface area contributed by atoms with Crippen molar-refractivity contribution in [1.82, 2.24) is 10.2 Å². The second-order valence-corrected chi connectivity index (χ2v) is 10.1. The predicted octanol–water partition coefficient (Wildman–Crippen LogP) is 5.01. The molecule has 0 fully saturated rings. The number of carbonyl (C=O) groups excluding carboxylic acids is 2. The molecule has 0 atom stereocenters. The molecule has 0 aliphatic carbocycles. The molecule has 2 heterocycles. The SMILES string of the molecule is CC(C)N1Cc2ccc(C(=O)Nc3cc(C(=O)O)ccc3CNC(=O)c3ccc(Cl)s3)cc2C1. The Balaban J connectivity index is 1.53. The number of amides is 2. The van der Waals surface area contributed by atoms with Gasteiger partial charge in [-0.2, -0.15) is 0 Å². The number of rotatable bonds is 7. The molecule has 0 spiro atoms. The van der Waals surface area contributed by atoms with Gasteiger partial charge in [0.15, 0.2) is 0 Å². The van der Waals surface area contributed by atoms with Gasteiger partial charge in [0.1, 0.15) is 0 Å². The number of carboxylic acid groups (broad SMARTS) is 1. The van der Waals surface area contributed by atoms with Crippen LogP contribution in [0.3, 0.4) is 0 Å². The molecule has 0 bridgehead atoms. The van der Waals surface area contributed by atoms with Gasteiger partial charge >= 0.3 is 5.97 Å². The van der Waals surface area contributed by atoms with Crippen LogP contribution in [0, 0.1) is 0 Å². The van der Waals surface area contributed by atoms with Gasteiger partial charge in [0.25, 0.3) is 11.8 Å². The average Bonchev–Trinajstić information content (AvgIpc) is 3.43. The summed E-state index contributed by atoms with van der Waals surface area (Å²) in [5.41, 5.74) is 3.77. The van der Waals surface area contributed by atoms with Crippen molar-refractivity contribution in [2.24, 2.45) is 0 Å². The largest absolute Gasteiger partial charge is 0.478 e. The quantitative estimate of drug-likeness (QED) is 0.426. The molecule has 2 aromatic carbocycles. The maximum absolute atomic E-state index is 13.1. The number of aromatic carboxylic acids is 1. The number of halogens is 1. The first kappa shape index (κ1) is 23.9. The molecule has 7 nitrogen and oxygen atoms in total.